The Bertz CT molecular complexity index is 597. The third kappa shape index (κ3) is 8.75. The van der Waals surface area contributed by atoms with Crippen LogP contribution in [0.5, 0.6) is 0 Å². The summed E-state index contributed by atoms with van der Waals surface area (Å²) in [5.41, 5.74) is 1.07. The van der Waals surface area contributed by atoms with Crippen molar-refractivity contribution in [2.45, 2.75) is 79.5 Å². The number of hydrogen-bond donors (Lipinski definition) is 2. The number of hydrogen-bond acceptors (Lipinski definition) is 4. The van der Waals surface area contributed by atoms with Crippen LogP contribution in [0.2, 0.25) is 0 Å². The number of piperazine rings is 1. The van der Waals surface area contributed by atoms with Gasteiger partial charge in [-0.3, -0.25) is 9.69 Å². The van der Waals surface area contributed by atoms with Crippen LogP contribution in [-0.4, -0.2) is 71.7 Å². The van der Waals surface area contributed by atoms with Gasteiger partial charge in [0.05, 0.1) is 0 Å². The predicted molar refractivity (Wildman–Crippen MR) is 127 cm³/mol. The predicted octanol–water partition coefficient (Wildman–Crippen LogP) is 3.73. The number of rotatable bonds is 6. The minimum absolute atomic E-state index is 0.140. The van der Waals surface area contributed by atoms with Gasteiger partial charge < -0.3 is 15.3 Å². The summed E-state index contributed by atoms with van der Waals surface area (Å²) in [7, 11) is 0. The zero-order valence-electron chi connectivity index (χ0n) is 20.5. The maximum Gasteiger partial charge on any atom is 0.252 e. The fourth-order valence-corrected chi connectivity index (χ4v) is 3.65. The van der Waals surface area contributed by atoms with Gasteiger partial charge in [-0.25, -0.2) is 0 Å². The van der Waals surface area contributed by atoms with E-state index in [1.165, 1.54) is 5.56 Å². The van der Waals surface area contributed by atoms with E-state index in [1.54, 1.807) is 4.90 Å². The highest BCUT2D eigenvalue weighted by atomic mass is 16.3. The lowest BCUT2D eigenvalue weighted by Gasteiger charge is -2.33. The zero-order chi connectivity index (χ0) is 22.9. The van der Waals surface area contributed by atoms with Crippen molar-refractivity contribution < 1.29 is 9.90 Å². The Morgan fingerprint density at radius 3 is 1.97 bits per heavy atom. The lowest BCUT2D eigenvalue weighted by molar-refractivity contribution is -0.146. The first-order chi connectivity index (χ1) is 13.9. The van der Waals surface area contributed by atoms with E-state index in [1.807, 2.05) is 20.8 Å². The molecule has 0 aliphatic carbocycles. The maximum atomic E-state index is 11.8. The minimum Gasteiger partial charge on any atom is -0.383 e. The first kappa shape index (κ1) is 26.6. The average Bonchev–Trinajstić information content (AvgIpc) is 2.71. The summed E-state index contributed by atoms with van der Waals surface area (Å²) in [5, 5.41) is 13.0. The summed E-state index contributed by atoms with van der Waals surface area (Å²) in [4.78, 5) is 16.1. The highest BCUT2D eigenvalue weighted by Crippen LogP contribution is 2.21. The van der Waals surface area contributed by atoms with Gasteiger partial charge in [-0.15, -0.1) is 0 Å². The molecule has 1 aliphatic rings. The Morgan fingerprint density at radius 2 is 1.53 bits per heavy atom. The van der Waals surface area contributed by atoms with Gasteiger partial charge in [0.25, 0.3) is 5.91 Å². The minimum atomic E-state index is -0.888. The lowest BCUT2D eigenvalue weighted by Crippen LogP contribution is -2.52. The fraction of sp³-hybridized carbons (Fsp3) is 0.720. The summed E-state index contributed by atoms with van der Waals surface area (Å²) in [6.07, 6.45) is -0.888. The number of benzene rings is 1. The van der Waals surface area contributed by atoms with Crippen molar-refractivity contribution in [2.24, 2.45) is 5.41 Å². The molecule has 0 saturated carbocycles. The number of aliphatic hydroxyl groups is 1. The van der Waals surface area contributed by atoms with E-state index in [4.69, 9.17) is 0 Å². The van der Waals surface area contributed by atoms with Crippen molar-refractivity contribution in [1.82, 2.24) is 15.1 Å². The molecule has 5 nitrogen and oxygen atoms in total. The lowest BCUT2D eigenvalue weighted by atomic mass is 9.88. The van der Waals surface area contributed by atoms with E-state index in [2.05, 4.69) is 75.2 Å². The number of nitrogens with one attached hydrogen (secondary N) is 1. The van der Waals surface area contributed by atoms with Crippen molar-refractivity contribution in [3.05, 3.63) is 35.9 Å². The van der Waals surface area contributed by atoms with Gasteiger partial charge in [-0.05, 0) is 44.6 Å². The molecule has 0 bridgehead atoms. The number of nitrogens with zero attached hydrogens (tertiary/aromatic N) is 2. The number of carbonyl (C=O) groups is 1. The molecule has 5 heteroatoms. The summed E-state index contributed by atoms with van der Waals surface area (Å²) < 4.78 is 0. The smallest absolute Gasteiger partial charge is 0.252 e. The molecular weight excluding hydrogens is 374 g/mol. The van der Waals surface area contributed by atoms with E-state index in [-0.39, 0.29) is 11.3 Å². The molecular formula is C25H45N3O2. The Hall–Kier alpha value is -1.43. The molecule has 1 saturated heterocycles. The first-order valence-electron chi connectivity index (χ1n) is 11.4. The number of aliphatic hydroxyl groups excluding tert-OH is 1. The SMILES string of the molecule is CC(C)(C)C(O)C(=O)N1CCNCC1.CC(CN(C(C)C)C(C)C)c1ccccc1. The van der Waals surface area contributed by atoms with E-state index >= 15 is 0 Å². The Kier molecular flexibility index (Phi) is 11.0. The van der Waals surface area contributed by atoms with Gasteiger partial charge in [0.1, 0.15) is 6.10 Å². The van der Waals surface area contributed by atoms with Gasteiger partial charge >= 0.3 is 0 Å². The third-order valence-corrected chi connectivity index (χ3v) is 5.66. The molecule has 1 aliphatic heterocycles. The van der Waals surface area contributed by atoms with Crippen LogP contribution in [0.15, 0.2) is 30.3 Å². The molecule has 2 rings (SSSR count). The molecule has 1 heterocycles. The van der Waals surface area contributed by atoms with Crippen LogP contribution in [-0.2, 0) is 4.79 Å². The van der Waals surface area contributed by atoms with Gasteiger partial charge in [0.15, 0.2) is 0 Å². The van der Waals surface area contributed by atoms with E-state index < -0.39 is 6.10 Å². The Balaban J connectivity index is 0.000000303. The fourth-order valence-electron chi connectivity index (χ4n) is 3.65. The van der Waals surface area contributed by atoms with Crippen molar-refractivity contribution in [1.29, 1.82) is 0 Å². The molecule has 30 heavy (non-hydrogen) atoms. The summed E-state index contributed by atoms with van der Waals surface area (Å²) in [5.74, 6) is 0.463. The standard InChI is InChI=1S/C15H25N.C10H20N2O2/c1-12(2)16(13(3)4)11-14(5)15-9-7-6-8-10-15;1-10(2,3)8(13)9(14)12-6-4-11-5-7-12/h6-10,12-14H,11H2,1-5H3;8,11,13H,4-7H2,1-3H3. The van der Waals surface area contributed by atoms with Crippen LogP contribution in [0.3, 0.4) is 0 Å². The van der Waals surface area contributed by atoms with Crippen LogP contribution in [0.1, 0.15) is 66.9 Å². The molecule has 1 aromatic carbocycles. The van der Waals surface area contributed by atoms with Gasteiger partial charge in [0.2, 0.25) is 0 Å². The Labute approximate surface area is 184 Å². The Morgan fingerprint density at radius 1 is 1.03 bits per heavy atom. The largest absolute Gasteiger partial charge is 0.383 e. The molecule has 2 unspecified atom stereocenters. The maximum absolute atomic E-state index is 11.8. The van der Waals surface area contributed by atoms with Gasteiger partial charge in [-0.2, -0.15) is 0 Å². The van der Waals surface area contributed by atoms with E-state index in [9.17, 15) is 9.90 Å². The molecule has 1 amide bonds. The van der Waals surface area contributed by atoms with Crippen LogP contribution >= 0.6 is 0 Å². The monoisotopic (exact) mass is 419 g/mol. The molecule has 1 aromatic rings. The van der Waals surface area contributed by atoms with Crippen LogP contribution in [0, 0.1) is 5.41 Å². The number of carbonyl (C=O) groups excluding carboxylic acids is 1. The summed E-state index contributed by atoms with van der Waals surface area (Å²) >= 11 is 0. The highest BCUT2D eigenvalue weighted by molar-refractivity contribution is 5.81. The number of amides is 1. The molecule has 1 fully saturated rings. The topological polar surface area (TPSA) is 55.8 Å². The zero-order valence-corrected chi connectivity index (χ0v) is 20.5. The molecule has 0 radical (unpaired) electrons. The van der Waals surface area contributed by atoms with Crippen molar-refractivity contribution in [3.63, 3.8) is 0 Å². The average molecular weight is 420 g/mol. The first-order valence-corrected chi connectivity index (χ1v) is 11.4. The second kappa shape index (κ2) is 12.4. The van der Waals surface area contributed by atoms with E-state index in [0.29, 0.717) is 31.1 Å². The van der Waals surface area contributed by atoms with E-state index in [0.717, 1.165) is 19.6 Å². The summed E-state index contributed by atoms with van der Waals surface area (Å²) in [6, 6.07) is 12.0. The third-order valence-electron chi connectivity index (χ3n) is 5.66. The highest BCUT2D eigenvalue weighted by Gasteiger charge is 2.32. The molecule has 0 spiro atoms. The van der Waals surface area contributed by atoms with Crippen LogP contribution in [0.4, 0.5) is 0 Å². The normalized spacial score (nSPS) is 17.0. The summed E-state index contributed by atoms with van der Waals surface area (Å²) in [6.45, 7) is 21.2. The molecule has 0 aromatic heterocycles. The molecule has 172 valence electrons. The van der Waals surface area contributed by atoms with Crippen LogP contribution in [0.25, 0.3) is 0 Å². The van der Waals surface area contributed by atoms with Gasteiger partial charge in [0, 0.05) is 44.8 Å². The molecule has 2 N–H and O–H groups in total. The quantitative estimate of drug-likeness (QED) is 0.738. The second-order valence-electron chi connectivity index (χ2n) is 10.0. The van der Waals surface area contributed by atoms with Crippen LogP contribution < -0.4 is 5.32 Å². The second-order valence-corrected chi connectivity index (χ2v) is 10.0. The molecule has 2 atom stereocenters. The van der Waals surface area contributed by atoms with Crippen molar-refractivity contribution in [2.75, 3.05) is 32.7 Å². The van der Waals surface area contributed by atoms with Crippen molar-refractivity contribution >= 4 is 5.91 Å². The van der Waals surface area contributed by atoms with Crippen molar-refractivity contribution in [3.8, 4) is 0 Å². The van der Waals surface area contributed by atoms with Gasteiger partial charge in [-0.1, -0.05) is 58.0 Å².